The fourth-order valence-corrected chi connectivity index (χ4v) is 3.22. The third kappa shape index (κ3) is 6.34. The molecular weight excluding hydrogens is 384 g/mol. The van der Waals surface area contributed by atoms with Crippen LogP contribution in [-0.4, -0.2) is 30.1 Å². The average molecular weight is 410 g/mol. The third-order valence-corrected chi connectivity index (χ3v) is 4.92. The van der Waals surface area contributed by atoms with Gasteiger partial charge in [0.2, 0.25) is 0 Å². The van der Waals surface area contributed by atoms with Crippen molar-refractivity contribution in [2.45, 2.75) is 51.4 Å². The van der Waals surface area contributed by atoms with Gasteiger partial charge in [0, 0.05) is 6.04 Å². The van der Waals surface area contributed by atoms with Crippen molar-refractivity contribution in [2.75, 3.05) is 0 Å². The van der Waals surface area contributed by atoms with Gasteiger partial charge >= 0.3 is 12.0 Å². The van der Waals surface area contributed by atoms with Gasteiger partial charge in [0.05, 0.1) is 5.56 Å². The van der Waals surface area contributed by atoms with Crippen LogP contribution in [0.25, 0.3) is 0 Å². The van der Waals surface area contributed by atoms with E-state index in [0.29, 0.717) is 12.4 Å². The highest BCUT2D eigenvalue weighted by Gasteiger charge is 2.23. The van der Waals surface area contributed by atoms with Gasteiger partial charge < -0.3 is 14.8 Å². The molecule has 2 N–H and O–H groups in total. The van der Waals surface area contributed by atoms with Crippen LogP contribution >= 0.6 is 0 Å². The molecule has 1 saturated carbocycles. The Morgan fingerprint density at radius 1 is 1.00 bits per heavy atom. The minimum absolute atomic E-state index is 0.0956. The van der Waals surface area contributed by atoms with E-state index < -0.39 is 24.0 Å². The average Bonchev–Trinajstić information content (AvgIpc) is 3.26. The third-order valence-electron chi connectivity index (χ3n) is 4.92. The number of carbonyl (C=O) groups excluding carboxylic acids is 3. The van der Waals surface area contributed by atoms with Crippen molar-refractivity contribution in [3.05, 3.63) is 65.7 Å². The molecule has 3 rings (SSSR count). The second-order valence-electron chi connectivity index (χ2n) is 7.29. The number of nitrogens with one attached hydrogen (secondary N) is 2. The number of amides is 3. The monoisotopic (exact) mass is 410 g/mol. The van der Waals surface area contributed by atoms with Gasteiger partial charge in [-0.25, -0.2) is 9.59 Å². The van der Waals surface area contributed by atoms with E-state index in [4.69, 9.17) is 9.47 Å². The maximum absolute atomic E-state index is 12.3. The van der Waals surface area contributed by atoms with Crippen molar-refractivity contribution in [1.82, 2.24) is 10.6 Å². The van der Waals surface area contributed by atoms with E-state index in [2.05, 4.69) is 10.6 Å². The van der Waals surface area contributed by atoms with Crippen molar-refractivity contribution in [1.29, 1.82) is 0 Å². The van der Waals surface area contributed by atoms with Gasteiger partial charge in [0.25, 0.3) is 5.91 Å². The molecule has 158 valence electrons. The number of urea groups is 1. The molecule has 0 spiro atoms. The Bertz CT molecular complexity index is 861. The van der Waals surface area contributed by atoms with Gasteiger partial charge in [-0.05, 0) is 49.6 Å². The number of benzene rings is 2. The minimum atomic E-state index is -1.10. The van der Waals surface area contributed by atoms with Gasteiger partial charge in [-0.2, -0.15) is 0 Å². The Morgan fingerprint density at radius 2 is 1.67 bits per heavy atom. The van der Waals surface area contributed by atoms with Crippen LogP contribution in [0, 0.1) is 0 Å². The largest absolute Gasteiger partial charge is 0.489 e. The van der Waals surface area contributed by atoms with Crippen LogP contribution in [0.1, 0.15) is 48.5 Å². The predicted molar refractivity (Wildman–Crippen MR) is 111 cm³/mol. The van der Waals surface area contributed by atoms with Crippen molar-refractivity contribution in [3.8, 4) is 5.75 Å². The first kappa shape index (κ1) is 21.4. The van der Waals surface area contributed by atoms with Crippen molar-refractivity contribution in [3.63, 3.8) is 0 Å². The van der Waals surface area contributed by atoms with Gasteiger partial charge in [-0.15, -0.1) is 0 Å². The quantitative estimate of drug-likeness (QED) is 0.681. The van der Waals surface area contributed by atoms with E-state index in [9.17, 15) is 14.4 Å². The first-order chi connectivity index (χ1) is 14.5. The number of esters is 1. The summed E-state index contributed by atoms with van der Waals surface area (Å²) in [5.74, 6) is -0.699. The van der Waals surface area contributed by atoms with Gasteiger partial charge in [-0.3, -0.25) is 10.1 Å². The fraction of sp³-hybridized carbons (Fsp3) is 0.348. The Labute approximate surface area is 175 Å². The van der Waals surface area contributed by atoms with Crippen LogP contribution in [0.15, 0.2) is 54.6 Å². The van der Waals surface area contributed by atoms with Crippen LogP contribution < -0.4 is 15.4 Å². The first-order valence-electron chi connectivity index (χ1n) is 10.1. The SMILES string of the molecule is C[C@H](OC(=O)c1ccc(OCc2ccccc2)cc1)C(=O)NC(=O)NC1CCCC1. The zero-order chi connectivity index (χ0) is 21.3. The summed E-state index contributed by atoms with van der Waals surface area (Å²) in [6.07, 6.45) is 2.88. The normalized spacial score (nSPS) is 14.6. The summed E-state index contributed by atoms with van der Waals surface area (Å²) in [6.45, 7) is 1.85. The molecule has 3 amide bonds. The summed E-state index contributed by atoms with van der Waals surface area (Å²) in [5, 5.41) is 4.97. The molecule has 0 saturated heterocycles. The molecule has 1 fully saturated rings. The van der Waals surface area contributed by atoms with Crippen LogP contribution in [0.4, 0.5) is 4.79 Å². The topological polar surface area (TPSA) is 93.7 Å². The molecule has 0 aromatic heterocycles. The highest BCUT2D eigenvalue weighted by atomic mass is 16.5. The van der Waals surface area contributed by atoms with Gasteiger partial charge in [-0.1, -0.05) is 43.2 Å². The lowest BCUT2D eigenvalue weighted by Gasteiger charge is -2.15. The van der Waals surface area contributed by atoms with Crippen LogP contribution in [0.3, 0.4) is 0 Å². The zero-order valence-electron chi connectivity index (χ0n) is 16.9. The maximum Gasteiger partial charge on any atom is 0.338 e. The molecule has 2 aromatic carbocycles. The molecule has 0 unspecified atom stereocenters. The van der Waals surface area contributed by atoms with Crippen molar-refractivity contribution >= 4 is 17.9 Å². The molecule has 0 aliphatic heterocycles. The molecule has 30 heavy (non-hydrogen) atoms. The molecule has 7 nitrogen and oxygen atoms in total. The Balaban J connectivity index is 1.44. The zero-order valence-corrected chi connectivity index (χ0v) is 16.9. The Hall–Kier alpha value is -3.35. The number of ether oxygens (including phenoxy) is 2. The van der Waals surface area contributed by atoms with E-state index in [1.165, 1.54) is 6.92 Å². The number of hydrogen-bond acceptors (Lipinski definition) is 5. The minimum Gasteiger partial charge on any atom is -0.489 e. The lowest BCUT2D eigenvalue weighted by molar-refractivity contribution is -0.127. The summed E-state index contributed by atoms with van der Waals surface area (Å²) in [4.78, 5) is 36.2. The standard InChI is InChI=1S/C23H26N2O5/c1-16(21(26)25-23(28)24-19-9-5-6-10-19)30-22(27)18-11-13-20(14-12-18)29-15-17-7-3-2-4-8-17/h2-4,7-8,11-14,16,19H,5-6,9-10,15H2,1H3,(H2,24,25,26,28)/t16-/m0/s1. The molecule has 1 aliphatic carbocycles. The molecule has 1 atom stereocenters. The maximum atomic E-state index is 12.3. The Kier molecular flexibility index (Phi) is 7.43. The van der Waals surface area contributed by atoms with E-state index >= 15 is 0 Å². The molecule has 1 aliphatic rings. The van der Waals surface area contributed by atoms with E-state index in [1.54, 1.807) is 24.3 Å². The van der Waals surface area contributed by atoms with E-state index in [0.717, 1.165) is 31.2 Å². The number of carbonyl (C=O) groups is 3. The smallest absolute Gasteiger partial charge is 0.338 e. The van der Waals surface area contributed by atoms with Gasteiger partial charge in [0.1, 0.15) is 12.4 Å². The lowest BCUT2D eigenvalue weighted by atomic mass is 10.2. The number of imide groups is 1. The summed E-state index contributed by atoms with van der Waals surface area (Å²) < 4.78 is 10.9. The fourth-order valence-electron chi connectivity index (χ4n) is 3.22. The summed E-state index contributed by atoms with van der Waals surface area (Å²) in [5.41, 5.74) is 1.33. The van der Waals surface area contributed by atoms with Crippen LogP contribution in [0.2, 0.25) is 0 Å². The summed E-state index contributed by atoms with van der Waals surface area (Å²) in [7, 11) is 0. The van der Waals surface area contributed by atoms with E-state index in [1.807, 2.05) is 30.3 Å². The number of rotatable bonds is 7. The van der Waals surface area contributed by atoms with Crippen LogP contribution in [0.5, 0.6) is 5.75 Å². The van der Waals surface area contributed by atoms with Crippen molar-refractivity contribution in [2.24, 2.45) is 0 Å². The highest BCUT2D eigenvalue weighted by molar-refractivity contribution is 5.98. The predicted octanol–water partition coefficient (Wildman–Crippen LogP) is 3.58. The van der Waals surface area contributed by atoms with Crippen molar-refractivity contribution < 1.29 is 23.9 Å². The van der Waals surface area contributed by atoms with E-state index in [-0.39, 0.29) is 11.6 Å². The first-order valence-corrected chi connectivity index (χ1v) is 10.1. The van der Waals surface area contributed by atoms with Crippen LogP contribution in [-0.2, 0) is 16.1 Å². The molecule has 2 aromatic rings. The molecule has 7 heteroatoms. The number of hydrogen-bond donors (Lipinski definition) is 2. The Morgan fingerprint density at radius 3 is 2.33 bits per heavy atom. The molecule has 0 bridgehead atoms. The second-order valence-corrected chi connectivity index (χ2v) is 7.29. The molecule has 0 radical (unpaired) electrons. The lowest BCUT2D eigenvalue weighted by Crippen LogP contribution is -2.47. The second kappa shape index (κ2) is 10.4. The highest BCUT2D eigenvalue weighted by Crippen LogP contribution is 2.17. The molecule has 0 heterocycles. The summed E-state index contributed by atoms with van der Waals surface area (Å²) in [6, 6.07) is 15.7. The molecular formula is C23H26N2O5. The summed E-state index contributed by atoms with van der Waals surface area (Å²) >= 11 is 0. The van der Waals surface area contributed by atoms with Gasteiger partial charge in [0.15, 0.2) is 6.10 Å².